The standard InChI is InChI=1S/C14H22N2S/c1-2-3-7-10-17-13(11-14(15)16)12-8-5-4-6-9-12/h4-6,8-9,13H,2-3,7,10-11H2,1H3,(H3,15,16). The van der Waals surface area contributed by atoms with Crippen LogP contribution in [-0.4, -0.2) is 11.6 Å². The molecule has 0 spiro atoms. The third kappa shape index (κ3) is 5.78. The lowest BCUT2D eigenvalue weighted by Gasteiger charge is -2.16. The molecule has 94 valence electrons. The molecule has 0 aliphatic heterocycles. The van der Waals surface area contributed by atoms with E-state index in [-0.39, 0.29) is 5.84 Å². The fraction of sp³-hybridized carbons (Fsp3) is 0.500. The molecule has 0 aliphatic carbocycles. The first-order chi connectivity index (χ1) is 8.24. The highest BCUT2D eigenvalue weighted by Gasteiger charge is 2.12. The van der Waals surface area contributed by atoms with Crippen LogP contribution in [0.25, 0.3) is 0 Å². The molecule has 0 saturated carbocycles. The zero-order valence-electron chi connectivity index (χ0n) is 10.5. The minimum atomic E-state index is 0.279. The van der Waals surface area contributed by atoms with Gasteiger partial charge < -0.3 is 5.73 Å². The van der Waals surface area contributed by atoms with Crippen LogP contribution in [0, 0.1) is 5.41 Å². The molecule has 1 aromatic rings. The molecule has 1 rings (SSSR count). The Labute approximate surface area is 108 Å². The Kier molecular flexibility index (Phi) is 6.78. The molecule has 1 unspecified atom stereocenters. The van der Waals surface area contributed by atoms with Gasteiger partial charge in [0.1, 0.15) is 0 Å². The molecular formula is C14H22N2S. The molecule has 3 heteroatoms. The quantitative estimate of drug-likeness (QED) is 0.416. The van der Waals surface area contributed by atoms with Crippen molar-refractivity contribution in [2.24, 2.45) is 5.73 Å². The normalized spacial score (nSPS) is 12.3. The van der Waals surface area contributed by atoms with Gasteiger partial charge in [0.2, 0.25) is 0 Å². The van der Waals surface area contributed by atoms with Gasteiger partial charge in [-0.15, -0.1) is 0 Å². The molecule has 2 nitrogen and oxygen atoms in total. The van der Waals surface area contributed by atoms with Gasteiger partial charge in [0.15, 0.2) is 0 Å². The van der Waals surface area contributed by atoms with Crippen molar-refractivity contribution in [1.29, 1.82) is 5.41 Å². The molecule has 1 atom stereocenters. The summed E-state index contributed by atoms with van der Waals surface area (Å²) in [5.74, 6) is 1.43. The van der Waals surface area contributed by atoms with Crippen LogP contribution in [0.2, 0.25) is 0 Å². The number of hydrogen-bond acceptors (Lipinski definition) is 2. The maximum atomic E-state index is 7.46. The zero-order valence-corrected chi connectivity index (χ0v) is 11.3. The summed E-state index contributed by atoms with van der Waals surface area (Å²) in [6.45, 7) is 2.22. The fourth-order valence-corrected chi connectivity index (χ4v) is 3.02. The van der Waals surface area contributed by atoms with E-state index in [9.17, 15) is 0 Å². The molecule has 1 aromatic carbocycles. The highest BCUT2D eigenvalue weighted by atomic mass is 32.2. The first-order valence-corrected chi connectivity index (χ1v) is 7.28. The van der Waals surface area contributed by atoms with E-state index in [1.807, 2.05) is 17.8 Å². The van der Waals surface area contributed by atoms with Crippen molar-refractivity contribution in [3.63, 3.8) is 0 Å². The maximum Gasteiger partial charge on any atom is 0.0919 e. The molecule has 0 bridgehead atoms. The third-order valence-electron chi connectivity index (χ3n) is 2.64. The molecule has 0 saturated heterocycles. The monoisotopic (exact) mass is 250 g/mol. The van der Waals surface area contributed by atoms with Crippen LogP contribution < -0.4 is 5.73 Å². The summed E-state index contributed by atoms with van der Waals surface area (Å²) in [7, 11) is 0. The van der Waals surface area contributed by atoms with Crippen molar-refractivity contribution in [1.82, 2.24) is 0 Å². The lowest BCUT2D eigenvalue weighted by atomic mass is 10.1. The van der Waals surface area contributed by atoms with Crippen molar-refractivity contribution in [2.75, 3.05) is 5.75 Å². The third-order valence-corrected chi connectivity index (χ3v) is 4.01. The summed E-state index contributed by atoms with van der Waals surface area (Å²) in [5.41, 5.74) is 6.81. The van der Waals surface area contributed by atoms with E-state index in [1.165, 1.54) is 24.8 Å². The van der Waals surface area contributed by atoms with Gasteiger partial charge in [-0.25, -0.2) is 0 Å². The Hall–Kier alpha value is -0.960. The van der Waals surface area contributed by atoms with Crippen molar-refractivity contribution in [3.8, 4) is 0 Å². The largest absolute Gasteiger partial charge is 0.388 e. The zero-order chi connectivity index (χ0) is 12.5. The lowest BCUT2D eigenvalue weighted by Crippen LogP contribution is -2.13. The van der Waals surface area contributed by atoms with Crippen LogP contribution in [0.15, 0.2) is 30.3 Å². The molecule has 0 aromatic heterocycles. The highest BCUT2D eigenvalue weighted by Crippen LogP contribution is 2.32. The van der Waals surface area contributed by atoms with Crippen molar-refractivity contribution in [3.05, 3.63) is 35.9 Å². The smallest absolute Gasteiger partial charge is 0.0919 e. The van der Waals surface area contributed by atoms with Crippen LogP contribution >= 0.6 is 11.8 Å². The first-order valence-electron chi connectivity index (χ1n) is 6.23. The Morgan fingerprint density at radius 1 is 1.29 bits per heavy atom. The summed E-state index contributed by atoms with van der Waals surface area (Å²) in [6, 6.07) is 10.4. The number of hydrogen-bond donors (Lipinski definition) is 2. The number of nitrogens with two attached hydrogens (primary N) is 1. The predicted molar refractivity (Wildman–Crippen MR) is 77.7 cm³/mol. The number of nitrogens with one attached hydrogen (secondary N) is 1. The van der Waals surface area contributed by atoms with E-state index in [0.717, 1.165) is 5.75 Å². The van der Waals surface area contributed by atoms with Crippen LogP contribution in [-0.2, 0) is 0 Å². The Bertz CT molecular complexity index is 324. The van der Waals surface area contributed by atoms with Crippen molar-refractivity contribution < 1.29 is 0 Å². The van der Waals surface area contributed by atoms with Crippen LogP contribution in [0.4, 0.5) is 0 Å². The topological polar surface area (TPSA) is 49.9 Å². The van der Waals surface area contributed by atoms with Gasteiger partial charge in [-0.2, -0.15) is 11.8 Å². The second-order valence-corrected chi connectivity index (χ2v) is 5.52. The van der Waals surface area contributed by atoms with Gasteiger partial charge in [-0.1, -0.05) is 50.1 Å². The average Bonchev–Trinajstić information content (AvgIpc) is 2.34. The summed E-state index contributed by atoms with van der Waals surface area (Å²) in [4.78, 5) is 0. The second kappa shape index (κ2) is 8.18. The summed E-state index contributed by atoms with van der Waals surface area (Å²) >= 11 is 1.92. The molecule has 0 amide bonds. The Balaban J connectivity index is 2.52. The predicted octanol–water partition coefficient (Wildman–Crippen LogP) is 3.98. The maximum absolute atomic E-state index is 7.46. The van der Waals surface area contributed by atoms with Crippen molar-refractivity contribution >= 4 is 17.6 Å². The van der Waals surface area contributed by atoms with Crippen LogP contribution in [0.5, 0.6) is 0 Å². The highest BCUT2D eigenvalue weighted by molar-refractivity contribution is 7.99. The van der Waals surface area contributed by atoms with Crippen LogP contribution in [0.3, 0.4) is 0 Å². The molecule has 3 N–H and O–H groups in total. The molecule has 0 heterocycles. The van der Waals surface area contributed by atoms with Gasteiger partial charge in [-0.05, 0) is 17.7 Å². The number of thioether (sulfide) groups is 1. The molecule has 0 aliphatic rings. The average molecular weight is 250 g/mol. The molecule has 0 radical (unpaired) electrons. The first kappa shape index (κ1) is 14.1. The number of rotatable bonds is 8. The van der Waals surface area contributed by atoms with Crippen LogP contribution in [0.1, 0.15) is 43.4 Å². The Morgan fingerprint density at radius 2 is 2.00 bits per heavy atom. The van der Waals surface area contributed by atoms with E-state index in [0.29, 0.717) is 11.7 Å². The fourth-order valence-electron chi connectivity index (χ4n) is 1.72. The van der Waals surface area contributed by atoms with E-state index in [1.54, 1.807) is 0 Å². The van der Waals surface area contributed by atoms with Crippen molar-refractivity contribution in [2.45, 2.75) is 37.9 Å². The SMILES string of the molecule is CCCCCSC(CC(=N)N)c1ccccc1. The van der Waals surface area contributed by atoms with Gasteiger partial charge in [0, 0.05) is 11.7 Å². The number of amidine groups is 1. The minimum Gasteiger partial charge on any atom is -0.388 e. The van der Waals surface area contributed by atoms with E-state index >= 15 is 0 Å². The molecule has 17 heavy (non-hydrogen) atoms. The number of benzene rings is 1. The van der Waals surface area contributed by atoms with Gasteiger partial charge >= 0.3 is 0 Å². The Morgan fingerprint density at radius 3 is 2.59 bits per heavy atom. The lowest BCUT2D eigenvalue weighted by molar-refractivity contribution is 0.776. The molecule has 0 fully saturated rings. The summed E-state index contributed by atoms with van der Waals surface area (Å²) in [5, 5.41) is 7.79. The number of unbranched alkanes of at least 4 members (excludes halogenated alkanes) is 2. The summed E-state index contributed by atoms with van der Waals surface area (Å²) < 4.78 is 0. The van der Waals surface area contributed by atoms with Gasteiger partial charge in [0.25, 0.3) is 0 Å². The second-order valence-electron chi connectivity index (χ2n) is 4.21. The van der Waals surface area contributed by atoms with E-state index < -0.39 is 0 Å². The summed E-state index contributed by atoms with van der Waals surface area (Å²) in [6.07, 6.45) is 4.45. The minimum absolute atomic E-state index is 0.279. The van der Waals surface area contributed by atoms with Gasteiger partial charge in [-0.3, -0.25) is 5.41 Å². The van der Waals surface area contributed by atoms with E-state index in [2.05, 4.69) is 31.2 Å². The molecular weight excluding hydrogens is 228 g/mol. The van der Waals surface area contributed by atoms with Gasteiger partial charge in [0.05, 0.1) is 5.84 Å². The van der Waals surface area contributed by atoms with E-state index in [4.69, 9.17) is 11.1 Å².